The fourth-order valence-electron chi connectivity index (χ4n) is 2.89. The van der Waals surface area contributed by atoms with Crippen molar-refractivity contribution >= 4 is 17.6 Å². The molecule has 0 aromatic rings. The summed E-state index contributed by atoms with van der Waals surface area (Å²) in [6, 6.07) is -1.75. The van der Waals surface area contributed by atoms with E-state index in [-0.39, 0.29) is 17.6 Å². The number of ketones is 1. The van der Waals surface area contributed by atoms with Crippen LogP contribution in [0.1, 0.15) is 66.7 Å². The van der Waals surface area contributed by atoms with Crippen molar-refractivity contribution in [2.24, 2.45) is 11.8 Å². The molecule has 1 aliphatic rings. The van der Waals surface area contributed by atoms with Gasteiger partial charge in [0.2, 0.25) is 11.8 Å². The molecule has 0 spiro atoms. The predicted octanol–water partition coefficient (Wildman–Crippen LogP) is 1.57. The SMILES string of the molecule is CC(C)CCCCC(=O)NC(CO)C(=O)NC(CC(C)C)C(=O)[C@@]1(C)CO1. The van der Waals surface area contributed by atoms with Crippen LogP contribution >= 0.6 is 0 Å². The van der Waals surface area contributed by atoms with Crippen molar-refractivity contribution in [1.82, 2.24) is 10.6 Å². The van der Waals surface area contributed by atoms with Crippen LogP contribution in [0.3, 0.4) is 0 Å². The van der Waals surface area contributed by atoms with E-state index in [0.29, 0.717) is 25.4 Å². The van der Waals surface area contributed by atoms with E-state index in [1.165, 1.54) is 0 Å². The summed E-state index contributed by atoms with van der Waals surface area (Å²) in [6.07, 6.45) is 3.54. The first-order valence-corrected chi connectivity index (χ1v) is 9.98. The van der Waals surface area contributed by atoms with Crippen molar-refractivity contribution < 1.29 is 24.2 Å². The van der Waals surface area contributed by atoms with E-state index >= 15 is 0 Å². The van der Waals surface area contributed by atoms with Crippen molar-refractivity contribution in [2.45, 2.75) is 84.4 Å². The summed E-state index contributed by atoms with van der Waals surface area (Å²) < 4.78 is 5.20. The Kier molecular flexibility index (Phi) is 9.39. The molecule has 7 heteroatoms. The first kappa shape index (κ1) is 23.6. The average Bonchev–Trinajstić information content (AvgIpc) is 3.33. The molecule has 27 heavy (non-hydrogen) atoms. The Hall–Kier alpha value is -1.47. The van der Waals surface area contributed by atoms with Gasteiger partial charge in [0, 0.05) is 6.42 Å². The molecule has 0 aliphatic carbocycles. The molecule has 0 bridgehead atoms. The van der Waals surface area contributed by atoms with Gasteiger partial charge in [-0.05, 0) is 31.6 Å². The molecule has 0 aromatic heterocycles. The van der Waals surface area contributed by atoms with Gasteiger partial charge >= 0.3 is 0 Å². The van der Waals surface area contributed by atoms with Gasteiger partial charge in [0.1, 0.15) is 11.6 Å². The molecule has 1 aliphatic heterocycles. The van der Waals surface area contributed by atoms with Gasteiger partial charge in [-0.1, -0.05) is 40.5 Å². The number of carbonyl (C=O) groups excluding carboxylic acids is 3. The lowest BCUT2D eigenvalue weighted by Gasteiger charge is -2.24. The van der Waals surface area contributed by atoms with E-state index in [2.05, 4.69) is 24.5 Å². The smallest absolute Gasteiger partial charge is 0.245 e. The molecule has 0 aromatic carbocycles. The number of Topliss-reactive ketones (excluding diaryl/α,β-unsaturated/α-hetero) is 1. The van der Waals surface area contributed by atoms with E-state index < -0.39 is 30.2 Å². The van der Waals surface area contributed by atoms with Crippen LogP contribution < -0.4 is 10.6 Å². The monoisotopic (exact) mass is 384 g/mol. The summed E-state index contributed by atoms with van der Waals surface area (Å²) in [6.45, 7) is 9.74. The highest BCUT2D eigenvalue weighted by Crippen LogP contribution is 2.29. The van der Waals surface area contributed by atoms with Gasteiger partial charge in [0.25, 0.3) is 0 Å². The quantitative estimate of drug-likeness (QED) is 0.330. The molecule has 1 rings (SSSR count). The number of hydrogen-bond donors (Lipinski definition) is 3. The van der Waals surface area contributed by atoms with Crippen molar-refractivity contribution in [3.05, 3.63) is 0 Å². The van der Waals surface area contributed by atoms with Crippen LogP contribution in [-0.2, 0) is 19.1 Å². The number of nitrogens with one attached hydrogen (secondary N) is 2. The first-order valence-electron chi connectivity index (χ1n) is 9.98. The van der Waals surface area contributed by atoms with Gasteiger partial charge in [-0.2, -0.15) is 0 Å². The number of ether oxygens (including phenoxy) is 1. The molecular weight excluding hydrogens is 348 g/mol. The minimum Gasteiger partial charge on any atom is -0.394 e. The topological polar surface area (TPSA) is 108 Å². The summed E-state index contributed by atoms with van der Waals surface area (Å²) in [4.78, 5) is 37.1. The number of carbonyl (C=O) groups is 3. The lowest BCUT2D eigenvalue weighted by Crippen LogP contribution is -2.55. The van der Waals surface area contributed by atoms with Crippen molar-refractivity contribution in [1.29, 1.82) is 0 Å². The molecule has 3 N–H and O–H groups in total. The third-order valence-corrected chi connectivity index (χ3v) is 4.71. The van der Waals surface area contributed by atoms with Crippen LogP contribution in [0.25, 0.3) is 0 Å². The molecule has 2 amide bonds. The third-order valence-electron chi connectivity index (χ3n) is 4.71. The van der Waals surface area contributed by atoms with Crippen molar-refractivity contribution in [3.8, 4) is 0 Å². The normalized spacial score (nSPS) is 21.0. The Morgan fingerprint density at radius 2 is 1.67 bits per heavy atom. The maximum absolute atomic E-state index is 12.6. The van der Waals surface area contributed by atoms with E-state index in [9.17, 15) is 19.5 Å². The fourth-order valence-corrected chi connectivity index (χ4v) is 2.89. The Balaban J connectivity index is 2.56. The average molecular weight is 385 g/mol. The zero-order valence-electron chi connectivity index (χ0n) is 17.3. The van der Waals surface area contributed by atoms with Crippen LogP contribution in [0.4, 0.5) is 0 Å². The number of rotatable bonds is 13. The zero-order valence-corrected chi connectivity index (χ0v) is 17.3. The molecule has 7 nitrogen and oxygen atoms in total. The number of epoxide rings is 1. The van der Waals surface area contributed by atoms with Gasteiger partial charge in [0.15, 0.2) is 5.78 Å². The maximum Gasteiger partial charge on any atom is 0.245 e. The van der Waals surface area contributed by atoms with Crippen LogP contribution in [-0.4, -0.2) is 53.6 Å². The lowest BCUT2D eigenvalue weighted by molar-refractivity contribution is -0.134. The molecule has 1 heterocycles. The summed E-state index contributed by atoms with van der Waals surface area (Å²) >= 11 is 0. The van der Waals surface area contributed by atoms with Gasteiger partial charge in [-0.15, -0.1) is 0 Å². The van der Waals surface area contributed by atoms with E-state index in [1.54, 1.807) is 6.92 Å². The first-order chi connectivity index (χ1) is 12.6. The number of amides is 2. The second kappa shape index (κ2) is 10.8. The summed E-state index contributed by atoms with van der Waals surface area (Å²) in [5, 5.41) is 14.8. The molecular formula is C20H36N2O5. The summed E-state index contributed by atoms with van der Waals surface area (Å²) in [7, 11) is 0. The lowest BCUT2D eigenvalue weighted by atomic mass is 9.93. The molecule has 0 radical (unpaired) electrons. The van der Waals surface area contributed by atoms with Crippen molar-refractivity contribution in [2.75, 3.05) is 13.2 Å². The van der Waals surface area contributed by atoms with E-state index in [1.807, 2.05) is 13.8 Å². The Morgan fingerprint density at radius 3 is 2.15 bits per heavy atom. The van der Waals surface area contributed by atoms with Gasteiger partial charge in [0.05, 0.1) is 19.3 Å². The van der Waals surface area contributed by atoms with Crippen molar-refractivity contribution in [3.63, 3.8) is 0 Å². The minimum absolute atomic E-state index is 0.166. The maximum atomic E-state index is 12.6. The second-order valence-corrected chi connectivity index (χ2v) is 8.52. The molecule has 1 saturated heterocycles. The van der Waals surface area contributed by atoms with E-state index in [4.69, 9.17) is 4.74 Å². The summed E-state index contributed by atoms with van der Waals surface area (Å²) in [5.74, 6) is -0.184. The van der Waals surface area contributed by atoms with Crippen LogP contribution in [0.15, 0.2) is 0 Å². The van der Waals surface area contributed by atoms with Crippen LogP contribution in [0, 0.1) is 11.8 Å². The predicted molar refractivity (Wildman–Crippen MR) is 103 cm³/mol. The largest absolute Gasteiger partial charge is 0.394 e. The molecule has 156 valence electrons. The van der Waals surface area contributed by atoms with Crippen LogP contribution in [0.2, 0.25) is 0 Å². The Labute approximate surface area is 162 Å². The highest BCUT2D eigenvalue weighted by Gasteiger charge is 2.50. The minimum atomic E-state index is -1.06. The molecule has 1 fully saturated rings. The number of hydrogen-bond acceptors (Lipinski definition) is 5. The van der Waals surface area contributed by atoms with Gasteiger partial charge in [-0.25, -0.2) is 0 Å². The molecule has 2 unspecified atom stereocenters. The Morgan fingerprint density at radius 1 is 1.04 bits per heavy atom. The van der Waals surface area contributed by atoms with E-state index in [0.717, 1.165) is 19.3 Å². The van der Waals surface area contributed by atoms with Gasteiger partial charge in [-0.3, -0.25) is 14.4 Å². The molecule has 0 saturated carbocycles. The molecule has 3 atom stereocenters. The van der Waals surface area contributed by atoms with Crippen LogP contribution in [0.5, 0.6) is 0 Å². The Bertz CT molecular complexity index is 515. The number of aliphatic hydroxyl groups excluding tert-OH is 1. The standard InChI is InChI=1S/C20H36N2O5/c1-13(2)8-6-7-9-17(24)21-16(11-23)19(26)22-15(10-14(3)4)18(25)20(5)12-27-20/h13-16,23H,6-12H2,1-5H3,(H,21,24)(H,22,26)/t15?,16?,20-/m1/s1. The number of aliphatic hydroxyl groups is 1. The highest BCUT2D eigenvalue weighted by atomic mass is 16.6. The number of unbranched alkanes of at least 4 members (excludes halogenated alkanes) is 1. The third kappa shape index (κ3) is 8.39. The second-order valence-electron chi connectivity index (χ2n) is 8.52. The van der Waals surface area contributed by atoms with Gasteiger partial charge < -0.3 is 20.5 Å². The highest BCUT2D eigenvalue weighted by molar-refractivity contribution is 5.97. The zero-order chi connectivity index (χ0) is 20.6. The summed E-state index contributed by atoms with van der Waals surface area (Å²) in [5.41, 5.74) is -0.832. The fraction of sp³-hybridized carbons (Fsp3) is 0.850.